The lowest BCUT2D eigenvalue weighted by atomic mass is 10.2. The van der Waals surface area contributed by atoms with Crippen molar-refractivity contribution in [3.63, 3.8) is 0 Å². The largest absolute Gasteiger partial charge is 0.454 e. The van der Waals surface area contributed by atoms with Crippen LogP contribution in [0.5, 0.6) is 11.5 Å². The molecule has 2 aromatic rings. The van der Waals surface area contributed by atoms with E-state index in [1.165, 1.54) is 25.2 Å². The van der Waals surface area contributed by atoms with Crippen LogP contribution < -0.4 is 15.2 Å². The Morgan fingerprint density at radius 2 is 1.81 bits per heavy atom. The standard InChI is InChI=1S/C14H15BrN2O3S/c1-9-3-5-13(11(15)7-9)20-14-6-4-10(8-12(14)16)21(18,19)17-2/h3-8,17H,16H2,1-2H3. The number of sulfonamides is 1. The minimum Gasteiger partial charge on any atom is -0.454 e. The predicted octanol–water partition coefficient (Wildman–Crippen LogP) is 3.04. The summed E-state index contributed by atoms with van der Waals surface area (Å²) in [5.41, 5.74) is 7.21. The fourth-order valence-electron chi connectivity index (χ4n) is 1.71. The number of nitrogens with two attached hydrogens (primary N) is 1. The second-order valence-electron chi connectivity index (χ2n) is 4.44. The molecule has 0 aliphatic heterocycles. The minimum atomic E-state index is -3.52. The first kappa shape index (κ1) is 15.8. The van der Waals surface area contributed by atoms with Gasteiger partial charge in [0.15, 0.2) is 0 Å². The van der Waals surface area contributed by atoms with E-state index in [1.54, 1.807) is 0 Å². The van der Waals surface area contributed by atoms with E-state index >= 15 is 0 Å². The van der Waals surface area contributed by atoms with E-state index in [2.05, 4.69) is 20.7 Å². The van der Waals surface area contributed by atoms with Crippen molar-refractivity contribution in [2.75, 3.05) is 12.8 Å². The van der Waals surface area contributed by atoms with E-state index in [0.29, 0.717) is 11.5 Å². The normalized spacial score (nSPS) is 11.4. The van der Waals surface area contributed by atoms with Crippen LogP contribution in [-0.4, -0.2) is 15.5 Å². The van der Waals surface area contributed by atoms with Gasteiger partial charge in [-0.1, -0.05) is 6.07 Å². The Hall–Kier alpha value is -1.57. The Morgan fingerprint density at radius 3 is 2.38 bits per heavy atom. The fraction of sp³-hybridized carbons (Fsp3) is 0.143. The van der Waals surface area contributed by atoms with E-state index in [0.717, 1.165) is 10.0 Å². The first-order valence-corrected chi connectivity index (χ1v) is 8.38. The second kappa shape index (κ2) is 6.05. The summed E-state index contributed by atoms with van der Waals surface area (Å²) in [6.07, 6.45) is 0. The lowest BCUT2D eigenvalue weighted by Crippen LogP contribution is -2.18. The van der Waals surface area contributed by atoms with Crippen molar-refractivity contribution in [1.29, 1.82) is 0 Å². The predicted molar refractivity (Wildman–Crippen MR) is 86.1 cm³/mol. The van der Waals surface area contributed by atoms with Crippen LogP contribution in [0.25, 0.3) is 0 Å². The lowest BCUT2D eigenvalue weighted by molar-refractivity contribution is 0.481. The van der Waals surface area contributed by atoms with Gasteiger partial charge in [-0.2, -0.15) is 0 Å². The number of hydrogen-bond donors (Lipinski definition) is 2. The van der Waals surface area contributed by atoms with E-state index in [-0.39, 0.29) is 10.6 Å². The number of nitrogen functional groups attached to an aromatic ring is 1. The highest BCUT2D eigenvalue weighted by molar-refractivity contribution is 9.10. The average Bonchev–Trinajstić information content (AvgIpc) is 2.43. The first-order chi connectivity index (χ1) is 9.83. The van der Waals surface area contributed by atoms with E-state index in [1.807, 2.05) is 25.1 Å². The molecule has 0 radical (unpaired) electrons. The molecule has 0 fully saturated rings. The maximum atomic E-state index is 11.7. The van der Waals surface area contributed by atoms with Crippen LogP contribution in [-0.2, 0) is 10.0 Å². The monoisotopic (exact) mass is 370 g/mol. The SMILES string of the molecule is CNS(=O)(=O)c1ccc(Oc2ccc(C)cc2Br)c(N)c1. The van der Waals surface area contributed by atoms with Crippen molar-refractivity contribution < 1.29 is 13.2 Å². The first-order valence-electron chi connectivity index (χ1n) is 6.10. The van der Waals surface area contributed by atoms with Crippen molar-refractivity contribution >= 4 is 31.6 Å². The molecule has 0 unspecified atom stereocenters. The quantitative estimate of drug-likeness (QED) is 0.810. The zero-order valence-electron chi connectivity index (χ0n) is 11.6. The van der Waals surface area contributed by atoms with Gasteiger partial charge >= 0.3 is 0 Å². The van der Waals surface area contributed by atoms with Gasteiger partial charge in [0.1, 0.15) is 11.5 Å². The Morgan fingerprint density at radius 1 is 1.14 bits per heavy atom. The zero-order valence-corrected chi connectivity index (χ0v) is 14.0. The summed E-state index contributed by atoms with van der Waals surface area (Å²) in [6, 6.07) is 9.99. The molecule has 0 saturated heterocycles. The molecular formula is C14H15BrN2O3S. The van der Waals surface area contributed by atoms with Gasteiger partial charge in [0.05, 0.1) is 15.1 Å². The van der Waals surface area contributed by atoms with E-state index in [4.69, 9.17) is 10.5 Å². The molecule has 5 nitrogen and oxygen atoms in total. The minimum absolute atomic E-state index is 0.0952. The summed E-state index contributed by atoms with van der Waals surface area (Å²) >= 11 is 3.41. The van der Waals surface area contributed by atoms with Crippen LogP contribution in [0.1, 0.15) is 5.56 Å². The third kappa shape index (κ3) is 3.55. The van der Waals surface area contributed by atoms with Gasteiger partial charge in [-0.3, -0.25) is 0 Å². The Labute approximate surface area is 132 Å². The molecule has 0 atom stereocenters. The smallest absolute Gasteiger partial charge is 0.240 e. The number of rotatable bonds is 4. The number of benzene rings is 2. The number of hydrogen-bond acceptors (Lipinski definition) is 4. The van der Waals surface area contributed by atoms with Crippen LogP contribution in [0.3, 0.4) is 0 Å². The van der Waals surface area contributed by atoms with Crippen molar-refractivity contribution in [1.82, 2.24) is 4.72 Å². The van der Waals surface area contributed by atoms with Gasteiger partial charge < -0.3 is 10.5 Å². The highest BCUT2D eigenvalue weighted by Gasteiger charge is 2.14. The highest BCUT2D eigenvalue weighted by Crippen LogP contribution is 2.34. The molecule has 2 rings (SSSR count). The number of halogens is 1. The van der Waals surface area contributed by atoms with Gasteiger partial charge in [0, 0.05) is 0 Å². The lowest BCUT2D eigenvalue weighted by Gasteiger charge is -2.12. The van der Waals surface area contributed by atoms with E-state index < -0.39 is 10.0 Å². The third-order valence-corrected chi connectivity index (χ3v) is 4.90. The molecule has 0 bridgehead atoms. The Bertz CT molecular complexity index is 776. The summed E-state index contributed by atoms with van der Waals surface area (Å²) in [5.74, 6) is 1.01. The van der Waals surface area contributed by atoms with Gasteiger partial charge in [-0.15, -0.1) is 0 Å². The summed E-state index contributed by atoms with van der Waals surface area (Å²) in [5, 5.41) is 0. The molecule has 3 N–H and O–H groups in total. The molecule has 7 heteroatoms. The maximum Gasteiger partial charge on any atom is 0.240 e. The maximum absolute atomic E-state index is 11.7. The number of ether oxygens (including phenoxy) is 1. The van der Waals surface area contributed by atoms with Crippen LogP contribution in [0.15, 0.2) is 45.8 Å². The van der Waals surface area contributed by atoms with Crippen LogP contribution in [0.2, 0.25) is 0 Å². The van der Waals surface area contributed by atoms with Gasteiger partial charge in [-0.05, 0) is 65.8 Å². The fourth-order valence-corrected chi connectivity index (χ4v) is 3.05. The van der Waals surface area contributed by atoms with Crippen molar-refractivity contribution in [3.05, 3.63) is 46.4 Å². The van der Waals surface area contributed by atoms with Crippen LogP contribution >= 0.6 is 15.9 Å². The summed E-state index contributed by atoms with van der Waals surface area (Å²) in [7, 11) is -2.17. The topological polar surface area (TPSA) is 81.4 Å². The number of aryl methyl sites for hydroxylation is 1. The zero-order chi connectivity index (χ0) is 15.6. The van der Waals surface area contributed by atoms with E-state index in [9.17, 15) is 8.42 Å². The molecular weight excluding hydrogens is 356 g/mol. The molecule has 21 heavy (non-hydrogen) atoms. The molecule has 0 aliphatic carbocycles. The Kier molecular flexibility index (Phi) is 4.55. The summed E-state index contributed by atoms with van der Waals surface area (Å²) in [6.45, 7) is 1.97. The van der Waals surface area contributed by atoms with Crippen molar-refractivity contribution in [3.8, 4) is 11.5 Å². The molecule has 0 amide bonds. The van der Waals surface area contributed by atoms with Gasteiger partial charge in [0.25, 0.3) is 0 Å². The average molecular weight is 371 g/mol. The summed E-state index contributed by atoms with van der Waals surface area (Å²) in [4.78, 5) is 0.0952. The van der Waals surface area contributed by atoms with Gasteiger partial charge in [0.2, 0.25) is 10.0 Å². The van der Waals surface area contributed by atoms with Crippen molar-refractivity contribution in [2.45, 2.75) is 11.8 Å². The molecule has 2 aromatic carbocycles. The highest BCUT2D eigenvalue weighted by atomic mass is 79.9. The van der Waals surface area contributed by atoms with Crippen molar-refractivity contribution in [2.24, 2.45) is 0 Å². The summed E-state index contributed by atoms with van der Waals surface area (Å²) < 4.78 is 32.1. The molecule has 0 aliphatic rings. The molecule has 112 valence electrons. The molecule has 0 spiro atoms. The number of nitrogens with one attached hydrogen (secondary N) is 1. The Balaban J connectivity index is 2.34. The second-order valence-corrected chi connectivity index (χ2v) is 7.18. The van der Waals surface area contributed by atoms with Gasteiger partial charge in [-0.25, -0.2) is 13.1 Å². The van der Waals surface area contributed by atoms with Crippen LogP contribution in [0.4, 0.5) is 5.69 Å². The third-order valence-electron chi connectivity index (χ3n) is 2.87. The molecule has 0 heterocycles. The molecule has 0 aromatic heterocycles. The van der Waals surface area contributed by atoms with Crippen LogP contribution in [0, 0.1) is 6.92 Å². The number of anilines is 1. The molecule has 0 saturated carbocycles.